The maximum absolute atomic E-state index is 12.2. The molecule has 0 atom stereocenters. The van der Waals surface area contributed by atoms with Crippen molar-refractivity contribution < 1.29 is 24.1 Å². The lowest BCUT2D eigenvalue weighted by Gasteiger charge is -2.18. The molecule has 0 aliphatic carbocycles. The summed E-state index contributed by atoms with van der Waals surface area (Å²) in [6.45, 7) is 1.05. The number of benzene rings is 2. The van der Waals surface area contributed by atoms with Crippen molar-refractivity contribution in [3.8, 4) is 23.0 Å². The Kier molecular flexibility index (Phi) is 4.19. The third-order valence-electron chi connectivity index (χ3n) is 3.46. The Hall–Kier alpha value is -2.95. The molecule has 1 heterocycles. The molecule has 1 aliphatic rings. The average molecular weight is 312 g/mol. The summed E-state index contributed by atoms with van der Waals surface area (Å²) in [5, 5.41) is 9.88. The lowest BCUT2D eigenvalue weighted by Crippen LogP contribution is -2.15. The molecule has 0 radical (unpaired) electrons. The molecule has 2 aromatic rings. The Morgan fingerprint density at radius 2 is 1.91 bits per heavy atom. The number of ether oxygens (including phenoxy) is 3. The van der Waals surface area contributed by atoms with Crippen molar-refractivity contribution in [2.24, 2.45) is 0 Å². The van der Waals surface area contributed by atoms with Gasteiger partial charge >= 0.3 is 0 Å². The van der Waals surface area contributed by atoms with Gasteiger partial charge in [-0.1, -0.05) is 12.1 Å². The fraction of sp³-hybridized carbons (Fsp3) is 0.167. The standard InChI is InChI=1S/C18H16O5/c1-21-13-4-5-14(16(20)11-13)15(19)6-2-12-3-7-17-18(10-12)23-9-8-22-17/h2-7,10-11,20H,8-9H2,1H3. The van der Waals surface area contributed by atoms with Crippen LogP contribution in [-0.4, -0.2) is 31.2 Å². The SMILES string of the molecule is COc1ccc(C(=O)C=Cc2ccc3c(c2)OCCO3)c(O)c1. The first-order chi connectivity index (χ1) is 11.2. The zero-order valence-corrected chi connectivity index (χ0v) is 12.6. The fourth-order valence-electron chi connectivity index (χ4n) is 2.27. The molecule has 0 spiro atoms. The number of aromatic hydroxyl groups is 1. The molecule has 5 heteroatoms. The van der Waals surface area contributed by atoms with Gasteiger partial charge in [-0.3, -0.25) is 4.79 Å². The highest BCUT2D eigenvalue weighted by atomic mass is 16.6. The highest BCUT2D eigenvalue weighted by Crippen LogP contribution is 2.31. The topological polar surface area (TPSA) is 65.0 Å². The molecule has 1 aliphatic heterocycles. The third-order valence-corrected chi connectivity index (χ3v) is 3.46. The molecule has 0 amide bonds. The van der Waals surface area contributed by atoms with E-state index in [1.54, 1.807) is 12.1 Å². The summed E-state index contributed by atoms with van der Waals surface area (Å²) in [5.74, 6) is 1.46. The maximum Gasteiger partial charge on any atom is 0.189 e. The molecule has 5 nitrogen and oxygen atoms in total. The Labute approximate surface area is 133 Å². The molecule has 0 unspecified atom stereocenters. The summed E-state index contributed by atoms with van der Waals surface area (Å²) < 4.78 is 15.9. The van der Waals surface area contributed by atoms with Crippen LogP contribution in [0, 0.1) is 0 Å². The molecule has 118 valence electrons. The van der Waals surface area contributed by atoms with Gasteiger partial charge in [-0.15, -0.1) is 0 Å². The molecule has 0 saturated carbocycles. The molecular weight excluding hydrogens is 296 g/mol. The van der Waals surface area contributed by atoms with Crippen molar-refractivity contribution in [1.29, 1.82) is 0 Å². The number of allylic oxidation sites excluding steroid dienone is 1. The predicted molar refractivity (Wildman–Crippen MR) is 85.5 cm³/mol. The molecular formula is C18H16O5. The van der Waals surface area contributed by atoms with E-state index in [0.29, 0.717) is 30.5 Å². The number of ketones is 1. The predicted octanol–water partition coefficient (Wildman–Crippen LogP) is 3.07. The Balaban J connectivity index is 1.78. The van der Waals surface area contributed by atoms with Crippen LogP contribution in [0.3, 0.4) is 0 Å². The van der Waals surface area contributed by atoms with E-state index in [1.807, 2.05) is 18.2 Å². The quantitative estimate of drug-likeness (QED) is 0.694. The first-order valence-corrected chi connectivity index (χ1v) is 7.16. The monoisotopic (exact) mass is 312 g/mol. The van der Waals surface area contributed by atoms with Crippen molar-refractivity contribution in [2.45, 2.75) is 0 Å². The minimum absolute atomic E-state index is 0.110. The number of phenolic OH excluding ortho intramolecular Hbond substituents is 1. The van der Waals surface area contributed by atoms with Crippen molar-refractivity contribution in [3.63, 3.8) is 0 Å². The maximum atomic E-state index is 12.2. The van der Waals surface area contributed by atoms with Crippen LogP contribution in [0.15, 0.2) is 42.5 Å². The summed E-state index contributed by atoms with van der Waals surface area (Å²) in [6, 6.07) is 10.0. The van der Waals surface area contributed by atoms with Gasteiger partial charge in [-0.05, 0) is 35.9 Å². The van der Waals surface area contributed by atoms with Gasteiger partial charge in [0.2, 0.25) is 0 Å². The molecule has 0 bridgehead atoms. The summed E-state index contributed by atoms with van der Waals surface area (Å²) in [6.07, 6.45) is 3.08. The highest BCUT2D eigenvalue weighted by molar-refractivity contribution is 6.08. The van der Waals surface area contributed by atoms with E-state index in [2.05, 4.69) is 0 Å². The fourth-order valence-corrected chi connectivity index (χ4v) is 2.27. The van der Waals surface area contributed by atoms with Gasteiger partial charge in [0.25, 0.3) is 0 Å². The minimum atomic E-state index is -0.292. The van der Waals surface area contributed by atoms with Gasteiger partial charge in [0, 0.05) is 6.07 Å². The number of fused-ring (bicyclic) bond motifs is 1. The van der Waals surface area contributed by atoms with Crippen LogP contribution >= 0.6 is 0 Å². The highest BCUT2D eigenvalue weighted by Gasteiger charge is 2.12. The first-order valence-electron chi connectivity index (χ1n) is 7.16. The molecule has 2 aromatic carbocycles. The van der Waals surface area contributed by atoms with Crippen LogP contribution in [0.25, 0.3) is 6.08 Å². The van der Waals surface area contributed by atoms with Crippen LogP contribution in [-0.2, 0) is 0 Å². The van der Waals surface area contributed by atoms with Crippen LogP contribution in [0.5, 0.6) is 23.0 Å². The Morgan fingerprint density at radius 3 is 2.65 bits per heavy atom. The second-order valence-corrected chi connectivity index (χ2v) is 4.98. The second kappa shape index (κ2) is 6.44. The number of hydrogen-bond donors (Lipinski definition) is 1. The summed E-state index contributed by atoms with van der Waals surface area (Å²) in [5.41, 5.74) is 1.04. The molecule has 0 saturated heterocycles. The zero-order valence-electron chi connectivity index (χ0n) is 12.6. The Morgan fingerprint density at radius 1 is 1.13 bits per heavy atom. The number of carbonyl (C=O) groups excluding carboxylic acids is 1. The first kappa shape index (κ1) is 15.0. The largest absolute Gasteiger partial charge is 0.507 e. The Bertz CT molecular complexity index is 764. The zero-order chi connectivity index (χ0) is 16.2. The van der Waals surface area contributed by atoms with Crippen molar-refractivity contribution in [1.82, 2.24) is 0 Å². The van der Waals surface area contributed by atoms with E-state index in [9.17, 15) is 9.90 Å². The van der Waals surface area contributed by atoms with Crippen LogP contribution in [0.2, 0.25) is 0 Å². The van der Waals surface area contributed by atoms with Crippen LogP contribution < -0.4 is 14.2 Å². The van der Waals surface area contributed by atoms with Crippen molar-refractivity contribution >= 4 is 11.9 Å². The number of methoxy groups -OCH3 is 1. The number of carbonyl (C=O) groups is 1. The molecule has 0 fully saturated rings. The van der Waals surface area contributed by atoms with E-state index in [4.69, 9.17) is 14.2 Å². The van der Waals surface area contributed by atoms with E-state index in [-0.39, 0.29) is 17.1 Å². The van der Waals surface area contributed by atoms with Crippen LogP contribution in [0.1, 0.15) is 15.9 Å². The van der Waals surface area contributed by atoms with E-state index in [0.717, 1.165) is 5.56 Å². The van der Waals surface area contributed by atoms with Gasteiger partial charge in [0.1, 0.15) is 24.7 Å². The molecule has 0 aromatic heterocycles. The second-order valence-electron chi connectivity index (χ2n) is 4.98. The lowest BCUT2D eigenvalue weighted by atomic mass is 10.1. The van der Waals surface area contributed by atoms with E-state index >= 15 is 0 Å². The molecule has 1 N–H and O–H groups in total. The van der Waals surface area contributed by atoms with Crippen LogP contribution in [0.4, 0.5) is 0 Å². The van der Waals surface area contributed by atoms with Crippen molar-refractivity contribution in [2.75, 3.05) is 20.3 Å². The van der Waals surface area contributed by atoms with Gasteiger partial charge in [0.05, 0.1) is 12.7 Å². The minimum Gasteiger partial charge on any atom is -0.507 e. The van der Waals surface area contributed by atoms with Gasteiger partial charge in [-0.25, -0.2) is 0 Å². The van der Waals surface area contributed by atoms with Crippen molar-refractivity contribution in [3.05, 3.63) is 53.6 Å². The van der Waals surface area contributed by atoms with Gasteiger partial charge in [-0.2, -0.15) is 0 Å². The molecule has 3 rings (SSSR count). The average Bonchev–Trinajstić information content (AvgIpc) is 2.59. The number of hydrogen-bond acceptors (Lipinski definition) is 5. The normalized spacial score (nSPS) is 13.1. The van der Waals surface area contributed by atoms with Gasteiger partial charge < -0.3 is 19.3 Å². The summed E-state index contributed by atoms with van der Waals surface area (Å²) in [4.78, 5) is 12.2. The van der Waals surface area contributed by atoms with E-state index < -0.39 is 0 Å². The van der Waals surface area contributed by atoms with E-state index in [1.165, 1.54) is 25.3 Å². The summed E-state index contributed by atoms with van der Waals surface area (Å²) >= 11 is 0. The number of phenols is 1. The summed E-state index contributed by atoms with van der Waals surface area (Å²) in [7, 11) is 1.50. The third kappa shape index (κ3) is 3.29. The molecule has 23 heavy (non-hydrogen) atoms. The number of rotatable bonds is 4. The smallest absolute Gasteiger partial charge is 0.189 e. The lowest BCUT2D eigenvalue weighted by molar-refractivity contribution is 0.104. The van der Waals surface area contributed by atoms with Gasteiger partial charge in [0.15, 0.2) is 17.3 Å².